The van der Waals surface area contributed by atoms with Crippen LogP contribution in [0.15, 0.2) is 24.3 Å². The molecular formula is C14H19NO3. The third kappa shape index (κ3) is 2.54. The summed E-state index contributed by atoms with van der Waals surface area (Å²) in [5.41, 5.74) is 1.28. The number of ether oxygens (including phenoxy) is 1. The number of amides is 1. The highest BCUT2D eigenvalue weighted by Gasteiger charge is 2.45. The van der Waals surface area contributed by atoms with Crippen molar-refractivity contribution in [2.45, 2.75) is 19.8 Å². The standard InChI is InChI=1S/C14H19NO3/c1-2-3-11-4-6-12(7-5-11)15-13(17)14(8-16)9-18-10-14/h4-7,16H,2-3,8-10H2,1H3,(H,15,17). The Bertz CT molecular complexity index is 404. The smallest absolute Gasteiger partial charge is 0.237 e. The normalized spacial score (nSPS) is 17.0. The number of rotatable bonds is 5. The predicted octanol–water partition coefficient (Wildman–Crippen LogP) is 1.59. The van der Waals surface area contributed by atoms with Crippen LogP contribution < -0.4 is 5.32 Å². The van der Waals surface area contributed by atoms with Gasteiger partial charge in [0.2, 0.25) is 5.91 Å². The maximum atomic E-state index is 12.0. The lowest BCUT2D eigenvalue weighted by Crippen LogP contribution is -2.54. The van der Waals surface area contributed by atoms with Gasteiger partial charge in [-0.15, -0.1) is 0 Å². The number of nitrogens with one attached hydrogen (secondary N) is 1. The van der Waals surface area contributed by atoms with E-state index in [1.165, 1.54) is 5.56 Å². The molecule has 1 aromatic rings. The van der Waals surface area contributed by atoms with Gasteiger partial charge in [0.05, 0.1) is 19.8 Å². The summed E-state index contributed by atoms with van der Waals surface area (Å²) in [5, 5.41) is 12.1. The summed E-state index contributed by atoms with van der Waals surface area (Å²) in [6, 6.07) is 7.82. The molecule has 1 heterocycles. The van der Waals surface area contributed by atoms with E-state index in [1.54, 1.807) is 0 Å². The summed E-state index contributed by atoms with van der Waals surface area (Å²) < 4.78 is 5.02. The van der Waals surface area contributed by atoms with Gasteiger partial charge in [-0.25, -0.2) is 0 Å². The maximum absolute atomic E-state index is 12.0. The van der Waals surface area contributed by atoms with Gasteiger partial charge in [-0.2, -0.15) is 0 Å². The number of hydrogen-bond donors (Lipinski definition) is 2. The van der Waals surface area contributed by atoms with Crippen molar-refractivity contribution in [3.05, 3.63) is 29.8 Å². The molecule has 0 bridgehead atoms. The molecule has 4 nitrogen and oxygen atoms in total. The second-order valence-electron chi connectivity index (χ2n) is 4.83. The van der Waals surface area contributed by atoms with Crippen LogP contribution in [0.5, 0.6) is 0 Å². The van der Waals surface area contributed by atoms with Crippen LogP contribution in [0, 0.1) is 5.41 Å². The zero-order valence-corrected chi connectivity index (χ0v) is 10.6. The van der Waals surface area contributed by atoms with Crippen LogP contribution in [0.25, 0.3) is 0 Å². The predicted molar refractivity (Wildman–Crippen MR) is 69.4 cm³/mol. The lowest BCUT2D eigenvalue weighted by molar-refractivity contribution is -0.164. The number of carbonyl (C=O) groups is 1. The molecule has 0 aromatic heterocycles. The van der Waals surface area contributed by atoms with E-state index in [1.807, 2.05) is 24.3 Å². The highest BCUT2D eigenvalue weighted by molar-refractivity contribution is 5.96. The van der Waals surface area contributed by atoms with Crippen LogP contribution >= 0.6 is 0 Å². The van der Waals surface area contributed by atoms with Crippen molar-refractivity contribution in [2.75, 3.05) is 25.1 Å². The first-order chi connectivity index (χ1) is 8.70. The van der Waals surface area contributed by atoms with E-state index in [0.29, 0.717) is 13.2 Å². The first-order valence-electron chi connectivity index (χ1n) is 6.29. The van der Waals surface area contributed by atoms with Crippen LogP contribution in [0.1, 0.15) is 18.9 Å². The average molecular weight is 249 g/mol. The zero-order valence-electron chi connectivity index (χ0n) is 10.6. The minimum atomic E-state index is -0.748. The van der Waals surface area contributed by atoms with Crippen LogP contribution in [0.2, 0.25) is 0 Å². The summed E-state index contributed by atoms with van der Waals surface area (Å²) in [4.78, 5) is 12.0. The topological polar surface area (TPSA) is 58.6 Å². The molecule has 0 spiro atoms. The largest absolute Gasteiger partial charge is 0.395 e. The average Bonchev–Trinajstić information content (AvgIpc) is 2.31. The van der Waals surface area contributed by atoms with Crippen LogP contribution in [0.3, 0.4) is 0 Å². The molecule has 1 aromatic carbocycles. The van der Waals surface area contributed by atoms with Gasteiger partial charge in [0.1, 0.15) is 5.41 Å². The molecule has 1 saturated heterocycles. The maximum Gasteiger partial charge on any atom is 0.237 e. The van der Waals surface area contributed by atoms with E-state index in [2.05, 4.69) is 12.2 Å². The number of anilines is 1. The molecule has 2 rings (SSSR count). The van der Waals surface area contributed by atoms with Gasteiger partial charge in [-0.05, 0) is 24.1 Å². The highest BCUT2D eigenvalue weighted by atomic mass is 16.5. The second-order valence-corrected chi connectivity index (χ2v) is 4.83. The second kappa shape index (κ2) is 5.50. The SMILES string of the molecule is CCCc1ccc(NC(=O)C2(CO)COC2)cc1. The Labute approximate surface area is 107 Å². The van der Waals surface area contributed by atoms with Crippen LogP contribution in [-0.2, 0) is 16.0 Å². The van der Waals surface area contributed by atoms with E-state index in [-0.39, 0.29) is 12.5 Å². The van der Waals surface area contributed by atoms with Gasteiger partial charge in [0, 0.05) is 5.69 Å². The molecule has 0 aliphatic carbocycles. The van der Waals surface area contributed by atoms with Crippen LogP contribution in [0.4, 0.5) is 5.69 Å². The fourth-order valence-electron chi connectivity index (χ4n) is 1.95. The summed E-state index contributed by atoms with van der Waals surface area (Å²) in [6.07, 6.45) is 2.15. The Morgan fingerprint density at radius 3 is 2.50 bits per heavy atom. The lowest BCUT2D eigenvalue weighted by atomic mass is 9.86. The number of aliphatic hydroxyl groups excluding tert-OH is 1. The Kier molecular flexibility index (Phi) is 3.99. The minimum Gasteiger partial charge on any atom is -0.395 e. The molecule has 0 atom stereocenters. The van der Waals surface area contributed by atoms with E-state index in [0.717, 1.165) is 18.5 Å². The molecule has 0 unspecified atom stereocenters. The molecule has 98 valence electrons. The number of aliphatic hydroxyl groups is 1. The molecule has 1 aliphatic rings. The Hall–Kier alpha value is -1.39. The Morgan fingerprint density at radius 1 is 1.39 bits per heavy atom. The summed E-state index contributed by atoms with van der Waals surface area (Å²) in [5.74, 6) is -0.167. The fraction of sp³-hybridized carbons (Fsp3) is 0.500. The van der Waals surface area contributed by atoms with E-state index >= 15 is 0 Å². The fourth-order valence-corrected chi connectivity index (χ4v) is 1.95. The Balaban J connectivity index is 1.98. The Morgan fingerprint density at radius 2 is 2.06 bits per heavy atom. The first kappa shape index (κ1) is 13.1. The first-order valence-corrected chi connectivity index (χ1v) is 6.29. The molecule has 2 N–H and O–H groups in total. The van der Waals surface area contributed by atoms with E-state index in [4.69, 9.17) is 4.74 Å². The van der Waals surface area contributed by atoms with Crippen molar-refractivity contribution in [3.8, 4) is 0 Å². The van der Waals surface area contributed by atoms with Crippen molar-refractivity contribution in [1.29, 1.82) is 0 Å². The molecule has 0 radical (unpaired) electrons. The van der Waals surface area contributed by atoms with Gasteiger partial charge in [0.25, 0.3) is 0 Å². The van der Waals surface area contributed by atoms with Crippen LogP contribution in [-0.4, -0.2) is 30.8 Å². The summed E-state index contributed by atoms with van der Waals surface area (Å²) in [7, 11) is 0. The third-order valence-electron chi connectivity index (χ3n) is 3.29. The number of carbonyl (C=O) groups excluding carboxylic acids is 1. The highest BCUT2D eigenvalue weighted by Crippen LogP contribution is 2.28. The quantitative estimate of drug-likeness (QED) is 0.833. The number of hydrogen-bond acceptors (Lipinski definition) is 3. The summed E-state index contributed by atoms with van der Waals surface area (Å²) in [6.45, 7) is 2.55. The zero-order chi connectivity index (χ0) is 13.0. The van der Waals surface area contributed by atoms with Gasteiger partial charge in [-0.1, -0.05) is 25.5 Å². The van der Waals surface area contributed by atoms with Crippen molar-refractivity contribution in [3.63, 3.8) is 0 Å². The molecule has 18 heavy (non-hydrogen) atoms. The molecule has 0 saturated carbocycles. The molecule has 1 fully saturated rings. The molecule has 1 aliphatic heterocycles. The third-order valence-corrected chi connectivity index (χ3v) is 3.29. The van der Waals surface area contributed by atoms with Crippen molar-refractivity contribution in [1.82, 2.24) is 0 Å². The van der Waals surface area contributed by atoms with Crippen molar-refractivity contribution >= 4 is 11.6 Å². The van der Waals surface area contributed by atoms with Gasteiger partial charge in [0.15, 0.2) is 0 Å². The monoisotopic (exact) mass is 249 g/mol. The van der Waals surface area contributed by atoms with Gasteiger partial charge in [-0.3, -0.25) is 4.79 Å². The molecule has 1 amide bonds. The molecule has 4 heteroatoms. The minimum absolute atomic E-state index is 0.167. The van der Waals surface area contributed by atoms with Gasteiger partial charge >= 0.3 is 0 Å². The summed E-state index contributed by atoms with van der Waals surface area (Å²) >= 11 is 0. The van der Waals surface area contributed by atoms with Crippen molar-refractivity contribution < 1.29 is 14.6 Å². The lowest BCUT2D eigenvalue weighted by Gasteiger charge is -2.37. The van der Waals surface area contributed by atoms with E-state index in [9.17, 15) is 9.90 Å². The van der Waals surface area contributed by atoms with E-state index < -0.39 is 5.41 Å². The number of aryl methyl sites for hydroxylation is 1. The van der Waals surface area contributed by atoms with Crippen molar-refractivity contribution in [2.24, 2.45) is 5.41 Å². The number of benzene rings is 1. The molecular weight excluding hydrogens is 230 g/mol. The van der Waals surface area contributed by atoms with Gasteiger partial charge < -0.3 is 15.2 Å².